The number of nitrogens with two attached hydrogens (primary N) is 1. The third kappa shape index (κ3) is 6.61. The summed E-state index contributed by atoms with van der Waals surface area (Å²) in [7, 11) is 0. The molecule has 0 unspecified atom stereocenters. The lowest BCUT2D eigenvalue weighted by atomic mass is 9.97. The fraction of sp³-hybridized carbons (Fsp3) is 0.588. The van der Waals surface area contributed by atoms with Crippen molar-refractivity contribution in [2.45, 2.75) is 25.3 Å². The number of benzene rings is 1. The van der Waals surface area contributed by atoms with Gasteiger partial charge >= 0.3 is 0 Å². The SMILES string of the molecule is CSCC[C@H](N)C(=O)N1CCC(COc2ccccc2)CC1.Cl. The van der Waals surface area contributed by atoms with Crippen LogP contribution in [0.25, 0.3) is 0 Å². The molecule has 1 saturated heterocycles. The monoisotopic (exact) mass is 358 g/mol. The Balaban J connectivity index is 0.00000264. The number of hydrogen-bond donors (Lipinski definition) is 1. The summed E-state index contributed by atoms with van der Waals surface area (Å²) in [6.45, 7) is 2.33. The molecule has 1 aromatic rings. The van der Waals surface area contributed by atoms with Gasteiger partial charge in [-0.15, -0.1) is 12.4 Å². The van der Waals surface area contributed by atoms with Crippen LogP contribution in [-0.4, -0.2) is 48.6 Å². The highest BCUT2D eigenvalue weighted by Crippen LogP contribution is 2.20. The van der Waals surface area contributed by atoms with Crippen LogP contribution in [-0.2, 0) is 4.79 Å². The number of halogens is 1. The summed E-state index contributed by atoms with van der Waals surface area (Å²) < 4.78 is 5.81. The molecule has 1 amide bonds. The number of thioether (sulfide) groups is 1. The Kier molecular flexibility index (Phi) is 9.44. The lowest BCUT2D eigenvalue weighted by molar-refractivity contribution is -0.134. The van der Waals surface area contributed by atoms with E-state index in [4.69, 9.17) is 10.5 Å². The van der Waals surface area contributed by atoms with E-state index in [-0.39, 0.29) is 24.4 Å². The molecule has 1 atom stereocenters. The van der Waals surface area contributed by atoms with E-state index >= 15 is 0 Å². The average molecular weight is 359 g/mol. The second kappa shape index (κ2) is 10.8. The summed E-state index contributed by atoms with van der Waals surface area (Å²) in [5.41, 5.74) is 5.97. The van der Waals surface area contributed by atoms with Gasteiger partial charge in [0.1, 0.15) is 5.75 Å². The standard InChI is InChI=1S/C17H26N2O2S.ClH/c1-22-12-9-16(18)17(20)19-10-7-14(8-11-19)13-21-15-5-3-2-4-6-15;/h2-6,14,16H,7-13,18H2,1H3;1H/t16-;/m0./s1. The summed E-state index contributed by atoms with van der Waals surface area (Å²) in [4.78, 5) is 14.2. The summed E-state index contributed by atoms with van der Waals surface area (Å²) >= 11 is 1.73. The van der Waals surface area contributed by atoms with Gasteiger partial charge in [0, 0.05) is 13.1 Å². The number of amides is 1. The van der Waals surface area contributed by atoms with Gasteiger partial charge in [0.25, 0.3) is 0 Å². The Labute approximate surface area is 149 Å². The molecule has 1 aromatic carbocycles. The van der Waals surface area contributed by atoms with Crippen molar-refractivity contribution in [1.82, 2.24) is 4.90 Å². The highest BCUT2D eigenvalue weighted by Gasteiger charge is 2.26. The van der Waals surface area contributed by atoms with Crippen LogP contribution in [0, 0.1) is 5.92 Å². The Hall–Kier alpha value is -0.910. The van der Waals surface area contributed by atoms with Crippen molar-refractivity contribution in [2.75, 3.05) is 31.7 Å². The third-order valence-corrected chi connectivity index (χ3v) is 4.75. The predicted octanol–water partition coefficient (Wildman–Crippen LogP) is 2.81. The van der Waals surface area contributed by atoms with Crippen molar-refractivity contribution in [3.8, 4) is 5.75 Å². The summed E-state index contributed by atoms with van der Waals surface area (Å²) in [5, 5.41) is 0. The van der Waals surface area contributed by atoms with Crippen molar-refractivity contribution < 1.29 is 9.53 Å². The van der Waals surface area contributed by atoms with Crippen molar-refractivity contribution in [2.24, 2.45) is 11.7 Å². The van der Waals surface area contributed by atoms with Crippen LogP contribution in [0.1, 0.15) is 19.3 Å². The molecule has 1 aliphatic heterocycles. The number of para-hydroxylation sites is 1. The van der Waals surface area contributed by atoms with Gasteiger partial charge in [-0.1, -0.05) is 18.2 Å². The van der Waals surface area contributed by atoms with Gasteiger partial charge in [0.2, 0.25) is 5.91 Å². The molecule has 23 heavy (non-hydrogen) atoms. The predicted molar refractivity (Wildman–Crippen MR) is 99.5 cm³/mol. The van der Waals surface area contributed by atoms with Crippen LogP contribution in [0.3, 0.4) is 0 Å². The molecule has 2 N–H and O–H groups in total. The molecule has 1 fully saturated rings. The second-order valence-corrected chi connectivity index (χ2v) is 6.77. The van der Waals surface area contributed by atoms with Crippen LogP contribution < -0.4 is 10.5 Å². The zero-order chi connectivity index (χ0) is 15.8. The first-order valence-corrected chi connectivity index (χ1v) is 9.31. The zero-order valence-corrected chi connectivity index (χ0v) is 15.3. The summed E-state index contributed by atoms with van der Waals surface area (Å²) in [6, 6.07) is 9.55. The number of carbonyl (C=O) groups is 1. The normalized spacial score (nSPS) is 16.5. The van der Waals surface area contributed by atoms with Gasteiger partial charge in [-0.25, -0.2) is 0 Å². The zero-order valence-electron chi connectivity index (χ0n) is 13.6. The molecular formula is C17H27ClN2O2S. The Morgan fingerprint density at radius 1 is 1.35 bits per heavy atom. The van der Waals surface area contributed by atoms with Crippen molar-refractivity contribution in [1.29, 1.82) is 0 Å². The maximum Gasteiger partial charge on any atom is 0.239 e. The molecule has 0 aromatic heterocycles. The van der Waals surface area contributed by atoms with E-state index in [1.54, 1.807) is 11.8 Å². The minimum Gasteiger partial charge on any atom is -0.493 e. The van der Waals surface area contributed by atoms with Crippen molar-refractivity contribution in [3.05, 3.63) is 30.3 Å². The number of nitrogens with zero attached hydrogens (tertiary/aromatic N) is 1. The Morgan fingerprint density at radius 2 is 2.00 bits per heavy atom. The highest BCUT2D eigenvalue weighted by atomic mass is 35.5. The van der Waals surface area contributed by atoms with E-state index in [9.17, 15) is 4.79 Å². The maximum atomic E-state index is 12.3. The molecule has 0 aliphatic carbocycles. The number of piperidine rings is 1. The van der Waals surface area contributed by atoms with Crippen molar-refractivity contribution in [3.63, 3.8) is 0 Å². The second-order valence-electron chi connectivity index (χ2n) is 5.78. The Morgan fingerprint density at radius 3 is 2.61 bits per heavy atom. The molecular weight excluding hydrogens is 332 g/mol. The molecule has 4 nitrogen and oxygen atoms in total. The van der Waals surface area contributed by atoms with Gasteiger partial charge in [-0.2, -0.15) is 11.8 Å². The van der Waals surface area contributed by atoms with Gasteiger partial charge in [0.05, 0.1) is 12.6 Å². The van der Waals surface area contributed by atoms with E-state index < -0.39 is 0 Å². The van der Waals surface area contributed by atoms with Gasteiger partial charge in [-0.3, -0.25) is 4.79 Å². The van der Waals surface area contributed by atoms with E-state index in [0.717, 1.165) is 50.5 Å². The summed E-state index contributed by atoms with van der Waals surface area (Å²) in [5.74, 6) is 2.48. The van der Waals surface area contributed by atoms with Crippen molar-refractivity contribution >= 4 is 30.1 Å². The van der Waals surface area contributed by atoms with Crippen LogP contribution in [0.4, 0.5) is 0 Å². The van der Waals surface area contributed by atoms with Gasteiger partial charge < -0.3 is 15.4 Å². The first-order chi connectivity index (χ1) is 10.7. The topological polar surface area (TPSA) is 55.6 Å². The largest absolute Gasteiger partial charge is 0.493 e. The molecule has 0 radical (unpaired) electrons. The minimum atomic E-state index is -0.343. The van der Waals surface area contributed by atoms with Gasteiger partial charge in [-0.05, 0) is 49.3 Å². The smallest absolute Gasteiger partial charge is 0.239 e. The molecule has 0 spiro atoms. The lowest BCUT2D eigenvalue weighted by Gasteiger charge is -2.33. The fourth-order valence-corrected chi connectivity index (χ4v) is 3.14. The molecule has 6 heteroatoms. The van der Waals surface area contributed by atoms with Crippen LogP contribution in [0.2, 0.25) is 0 Å². The van der Waals surface area contributed by atoms with E-state index in [1.807, 2.05) is 41.5 Å². The van der Waals surface area contributed by atoms with E-state index in [0.29, 0.717) is 5.92 Å². The average Bonchev–Trinajstić information content (AvgIpc) is 2.58. The highest BCUT2D eigenvalue weighted by molar-refractivity contribution is 7.98. The molecule has 1 heterocycles. The molecule has 0 saturated carbocycles. The number of rotatable bonds is 7. The number of hydrogen-bond acceptors (Lipinski definition) is 4. The fourth-order valence-electron chi connectivity index (χ4n) is 2.65. The molecule has 0 bridgehead atoms. The van der Waals surface area contributed by atoms with Crippen LogP contribution >= 0.6 is 24.2 Å². The van der Waals surface area contributed by atoms with Gasteiger partial charge in [0.15, 0.2) is 0 Å². The van der Waals surface area contributed by atoms with Crippen LogP contribution in [0.15, 0.2) is 30.3 Å². The molecule has 1 aliphatic rings. The maximum absolute atomic E-state index is 12.3. The number of ether oxygens (including phenoxy) is 1. The Bertz CT molecular complexity index is 453. The van der Waals surface area contributed by atoms with E-state index in [2.05, 4.69) is 0 Å². The third-order valence-electron chi connectivity index (χ3n) is 4.11. The number of likely N-dealkylation sites (tertiary alicyclic amines) is 1. The first kappa shape index (κ1) is 20.1. The van der Waals surface area contributed by atoms with E-state index in [1.165, 1.54) is 0 Å². The van der Waals surface area contributed by atoms with Crippen LogP contribution in [0.5, 0.6) is 5.75 Å². The molecule has 2 rings (SSSR count). The number of carbonyl (C=O) groups excluding carboxylic acids is 1. The summed E-state index contributed by atoms with van der Waals surface area (Å²) in [6.07, 6.45) is 4.79. The minimum absolute atomic E-state index is 0. The lowest BCUT2D eigenvalue weighted by Crippen LogP contribution is -2.47. The quantitative estimate of drug-likeness (QED) is 0.814. The first-order valence-electron chi connectivity index (χ1n) is 7.92. The molecule has 130 valence electrons.